The third-order valence-corrected chi connectivity index (χ3v) is 8.50. The summed E-state index contributed by atoms with van der Waals surface area (Å²) >= 11 is 0. The van der Waals surface area contributed by atoms with Crippen molar-refractivity contribution >= 4 is 21.3 Å². The Hall–Kier alpha value is -3.89. The molecule has 0 saturated carbocycles. The van der Waals surface area contributed by atoms with Crippen LogP contribution in [0.5, 0.6) is 0 Å². The number of allylic oxidation sites excluding steroid dienone is 2. The summed E-state index contributed by atoms with van der Waals surface area (Å²) in [5, 5.41) is 0. The fraction of sp³-hybridized carbons (Fsp3) is 0.125. The molecule has 180 valence electrons. The van der Waals surface area contributed by atoms with E-state index in [1.807, 2.05) is 91.9 Å². The molecule has 0 aromatic heterocycles. The smallest absolute Gasteiger partial charge is 0.264 e. The number of hydrogen-bond donors (Lipinski definition) is 0. The van der Waals surface area contributed by atoms with E-state index in [0.29, 0.717) is 5.70 Å². The van der Waals surface area contributed by atoms with Crippen LogP contribution in [0.2, 0.25) is 0 Å². The quantitative estimate of drug-likeness (QED) is 0.299. The lowest BCUT2D eigenvalue weighted by Gasteiger charge is -2.34. The van der Waals surface area contributed by atoms with Crippen LogP contribution in [0, 0.1) is 6.92 Å². The zero-order chi connectivity index (χ0) is 25.2. The van der Waals surface area contributed by atoms with Gasteiger partial charge < -0.3 is 0 Å². The van der Waals surface area contributed by atoms with Crippen LogP contribution in [0.3, 0.4) is 0 Å². The van der Waals surface area contributed by atoms with Crippen molar-refractivity contribution in [2.75, 3.05) is 6.54 Å². The molecule has 0 N–H and O–H groups in total. The zero-order valence-electron chi connectivity index (χ0n) is 20.5. The Morgan fingerprint density at radius 1 is 0.694 bits per heavy atom. The minimum atomic E-state index is -3.85. The predicted molar refractivity (Wildman–Crippen MR) is 148 cm³/mol. The molecule has 1 atom stereocenters. The van der Waals surface area contributed by atoms with Gasteiger partial charge in [0.25, 0.3) is 10.0 Å². The minimum Gasteiger partial charge on any atom is -0.265 e. The summed E-state index contributed by atoms with van der Waals surface area (Å²) in [6.45, 7) is 4.34. The molecule has 0 radical (unpaired) electrons. The third-order valence-electron chi connectivity index (χ3n) is 6.73. The number of aryl methyl sites for hydroxylation is 1. The van der Waals surface area contributed by atoms with Gasteiger partial charge in [0.15, 0.2) is 0 Å². The van der Waals surface area contributed by atoms with E-state index in [4.69, 9.17) is 0 Å². The number of rotatable bonds is 5. The summed E-state index contributed by atoms with van der Waals surface area (Å²) in [5.41, 5.74) is 5.05. The SMILES string of the molecule is Cc1ccc(S(=O)(=O)N2CC(C)(c3ccccc3)C=C(c3ccccc3)C=C2c2ccccc2)cc1. The van der Waals surface area contributed by atoms with Gasteiger partial charge in [0, 0.05) is 12.0 Å². The van der Waals surface area contributed by atoms with Crippen molar-refractivity contribution in [3.63, 3.8) is 0 Å². The predicted octanol–water partition coefficient (Wildman–Crippen LogP) is 7.08. The maximum Gasteiger partial charge on any atom is 0.264 e. The van der Waals surface area contributed by atoms with E-state index in [1.54, 1.807) is 16.4 Å². The van der Waals surface area contributed by atoms with E-state index in [-0.39, 0.29) is 11.4 Å². The van der Waals surface area contributed by atoms with Gasteiger partial charge in [-0.2, -0.15) is 0 Å². The van der Waals surface area contributed by atoms with Crippen LogP contribution in [0.4, 0.5) is 0 Å². The van der Waals surface area contributed by atoms with Crippen molar-refractivity contribution in [2.45, 2.75) is 24.2 Å². The van der Waals surface area contributed by atoms with Crippen molar-refractivity contribution in [1.82, 2.24) is 4.31 Å². The van der Waals surface area contributed by atoms with Crippen LogP contribution < -0.4 is 0 Å². The van der Waals surface area contributed by atoms with Gasteiger partial charge in [-0.1, -0.05) is 122 Å². The Kier molecular flexibility index (Phi) is 6.38. The maximum absolute atomic E-state index is 14.3. The van der Waals surface area contributed by atoms with Crippen molar-refractivity contribution < 1.29 is 8.42 Å². The summed E-state index contributed by atoms with van der Waals surface area (Å²) < 4.78 is 30.1. The molecule has 4 aromatic rings. The van der Waals surface area contributed by atoms with Gasteiger partial charge >= 0.3 is 0 Å². The first-order chi connectivity index (χ1) is 17.4. The van der Waals surface area contributed by atoms with E-state index in [0.717, 1.165) is 27.8 Å². The van der Waals surface area contributed by atoms with Gasteiger partial charge in [0.05, 0.1) is 10.6 Å². The highest BCUT2D eigenvalue weighted by atomic mass is 32.2. The van der Waals surface area contributed by atoms with Gasteiger partial charge in [-0.25, -0.2) is 8.42 Å². The second-order valence-electron chi connectivity index (χ2n) is 9.47. The molecular formula is C32H29NO2S. The standard InChI is InChI=1S/C32H29NO2S/c1-25-18-20-30(21-19-25)36(34,35)33-24-32(2,29-16-10-5-11-17-29)23-28(26-12-6-3-7-13-26)22-31(33)27-14-8-4-9-15-27/h3-23H,24H2,1-2H3. The molecule has 4 heteroatoms. The van der Waals surface area contributed by atoms with Crippen LogP contribution in [-0.2, 0) is 15.4 Å². The Morgan fingerprint density at radius 3 is 1.81 bits per heavy atom. The Balaban J connectivity index is 1.77. The first-order valence-electron chi connectivity index (χ1n) is 12.1. The van der Waals surface area contributed by atoms with Gasteiger partial charge in [-0.15, -0.1) is 0 Å². The first-order valence-corrected chi connectivity index (χ1v) is 13.5. The molecule has 0 saturated heterocycles. The van der Waals surface area contributed by atoms with E-state index in [1.165, 1.54) is 0 Å². The van der Waals surface area contributed by atoms with Gasteiger partial charge in [0.2, 0.25) is 0 Å². The second-order valence-corrected chi connectivity index (χ2v) is 11.3. The Morgan fingerprint density at radius 2 is 1.22 bits per heavy atom. The fourth-order valence-corrected chi connectivity index (χ4v) is 6.30. The second kappa shape index (κ2) is 9.63. The summed E-state index contributed by atoms with van der Waals surface area (Å²) in [6.07, 6.45) is 4.23. The maximum atomic E-state index is 14.3. The first kappa shape index (κ1) is 23.8. The van der Waals surface area contributed by atoms with E-state index < -0.39 is 15.4 Å². The van der Waals surface area contributed by atoms with Crippen molar-refractivity contribution in [3.8, 4) is 0 Å². The molecule has 0 aliphatic carbocycles. The van der Waals surface area contributed by atoms with E-state index in [2.05, 4.69) is 37.3 Å². The molecule has 1 aliphatic rings. The van der Waals surface area contributed by atoms with E-state index >= 15 is 0 Å². The molecule has 0 fully saturated rings. The van der Waals surface area contributed by atoms with Crippen LogP contribution in [0.1, 0.15) is 29.2 Å². The molecule has 4 aromatic carbocycles. The van der Waals surface area contributed by atoms with Crippen molar-refractivity contribution in [3.05, 3.63) is 150 Å². The molecule has 0 bridgehead atoms. The fourth-order valence-electron chi connectivity index (χ4n) is 4.71. The van der Waals surface area contributed by atoms with Gasteiger partial charge in [0.1, 0.15) is 0 Å². The summed E-state index contributed by atoms with van der Waals surface area (Å²) in [4.78, 5) is 0.286. The number of nitrogens with zero attached hydrogens (tertiary/aromatic N) is 1. The van der Waals surface area contributed by atoms with Crippen molar-refractivity contribution in [1.29, 1.82) is 0 Å². The van der Waals surface area contributed by atoms with Crippen LogP contribution >= 0.6 is 0 Å². The average molecular weight is 492 g/mol. The molecule has 5 rings (SSSR count). The van der Waals surface area contributed by atoms with Crippen LogP contribution in [-0.4, -0.2) is 19.3 Å². The lowest BCUT2D eigenvalue weighted by molar-refractivity contribution is 0.439. The lowest BCUT2D eigenvalue weighted by Crippen LogP contribution is -2.39. The highest BCUT2D eigenvalue weighted by Crippen LogP contribution is 2.40. The number of hydrogen-bond acceptors (Lipinski definition) is 2. The molecular weight excluding hydrogens is 462 g/mol. The number of benzene rings is 4. The Bertz CT molecular complexity index is 1510. The molecule has 1 unspecified atom stereocenters. The molecule has 1 heterocycles. The van der Waals surface area contributed by atoms with Crippen LogP contribution in [0.15, 0.2) is 132 Å². The Labute approximate surface area is 214 Å². The third kappa shape index (κ3) is 4.65. The molecule has 0 spiro atoms. The number of sulfonamides is 1. The zero-order valence-corrected chi connectivity index (χ0v) is 21.3. The molecule has 36 heavy (non-hydrogen) atoms. The molecule has 3 nitrogen and oxygen atoms in total. The monoisotopic (exact) mass is 491 g/mol. The summed E-state index contributed by atoms with van der Waals surface area (Å²) in [6, 6.07) is 37.2. The average Bonchev–Trinajstić information content (AvgIpc) is 3.08. The normalized spacial score (nSPS) is 18.2. The summed E-state index contributed by atoms with van der Waals surface area (Å²) in [7, 11) is -3.85. The van der Waals surface area contributed by atoms with Gasteiger partial charge in [-0.3, -0.25) is 4.31 Å². The highest BCUT2D eigenvalue weighted by molar-refractivity contribution is 7.89. The summed E-state index contributed by atoms with van der Waals surface area (Å²) in [5.74, 6) is 0. The largest absolute Gasteiger partial charge is 0.265 e. The van der Waals surface area contributed by atoms with Gasteiger partial charge in [-0.05, 0) is 47.4 Å². The topological polar surface area (TPSA) is 37.4 Å². The molecule has 1 aliphatic heterocycles. The highest BCUT2D eigenvalue weighted by Gasteiger charge is 2.37. The van der Waals surface area contributed by atoms with Crippen LogP contribution in [0.25, 0.3) is 11.3 Å². The minimum absolute atomic E-state index is 0.268. The molecule has 0 amide bonds. The van der Waals surface area contributed by atoms with Crippen molar-refractivity contribution in [2.24, 2.45) is 0 Å². The lowest BCUT2D eigenvalue weighted by atomic mass is 9.80. The van der Waals surface area contributed by atoms with E-state index in [9.17, 15) is 8.42 Å².